The van der Waals surface area contributed by atoms with E-state index >= 15 is 0 Å². The molecule has 4 bridgehead atoms. The van der Waals surface area contributed by atoms with Gasteiger partial charge in [0.25, 0.3) is 0 Å². The Kier molecular flexibility index (Phi) is 4.42. The first-order valence-electron chi connectivity index (χ1n) is 13.0. The van der Waals surface area contributed by atoms with Crippen molar-refractivity contribution in [1.29, 1.82) is 0 Å². The van der Waals surface area contributed by atoms with Crippen molar-refractivity contribution in [2.24, 2.45) is 23.7 Å². The standard InChI is InChI=1S/C29H26N5O3/c35-28-31(19-14-8-3-9-15-19)29(36)33-27-20-16-21(32(28)33)23(27)24-22(20)26(18-12-6-2-7-13-18)34(37)30-25(24)17-10-4-1-5-11-17/h1-15,20-27,30H,16H2/q-1. The molecule has 186 valence electrons. The summed E-state index contributed by atoms with van der Waals surface area (Å²) in [5.41, 5.74) is 5.38. The normalized spacial score (nSPS) is 33.4. The fourth-order valence-corrected chi connectivity index (χ4v) is 8.26. The van der Waals surface area contributed by atoms with Gasteiger partial charge in [0.15, 0.2) is 0 Å². The summed E-state index contributed by atoms with van der Waals surface area (Å²) >= 11 is 0. The Bertz CT molecular complexity index is 1600. The molecule has 2 saturated carbocycles. The zero-order chi connectivity index (χ0) is 24.8. The summed E-state index contributed by atoms with van der Waals surface area (Å²) < 4.78 is 4.76. The third-order valence-electron chi connectivity index (χ3n) is 9.36. The molecule has 0 radical (unpaired) electrons. The van der Waals surface area contributed by atoms with Crippen LogP contribution in [0.15, 0.2) is 101 Å². The van der Waals surface area contributed by atoms with Crippen molar-refractivity contribution in [2.75, 3.05) is 0 Å². The van der Waals surface area contributed by atoms with E-state index in [1.807, 2.05) is 66.7 Å². The molecule has 4 aliphatic rings. The number of nitrogens with one attached hydrogen (secondary N) is 1. The van der Waals surface area contributed by atoms with Gasteiger partial charge >= 0.3 is 11.4 Å². The topological polar surface area (TPSA) is 87.3 Å². The quantitative estimate of drug-likeness (QED) is 0.473. The third kappa shape index (κ3) is 2.72. The first-order chi connectivity index (χ1) is 18.1. The lowest BCUT2D eigenvalue weighted by atomic mass is 9.66. The van der Waals surface area contributed by atoms with Crippen LogP contribution in [0.3, 0.4) is 0 Å². The molecule has 8 rings (SSSR count). The van der Waals surface area contributed by atoms with E-state index < -0.39 is 0 Å². The highest BCUT2D eigenvalue weighted by molar-refractivity contribution is 5.33. The van der Waals surface area contributed by atoms with Crippen molar-refractivity contribution in [1.82, 2.24) is 24.5 Å². The highest BCUT2D eigenvalue weighted by Crippen LogP contribution is 2.71. The number of hydroxylamine groups is 1. The Hall–Kier alpha value is -3.72. The summed E-state index contributed by atoms with van der Waals surface area (Å²) in [5.74, 6) is 0.425. The van der Waals surface area contributed by atoms with E-state index in [9.17, 15) is 14.8 Å². The third-order valence-corrected chi connectivity index (χ3v) is 9.36. The van der Waals surface area contributed by atoms with E-state index in [0.29, 0.717) is 5.69 Å². The second-order valence-electron chi connectivity index (χ2n) is 10.8. The maximum atomic E-state index is 13.8. The molecule has 0 amide bonds. The monoisotopic (exact) mass is 492 g/mol. The minimum Gasteiger partial charge on any atom is -0.771 e. The molecule has 8 heteroatoms. The van der Waals surface area contributed by atoms with E-state index in [1.165, 1.54) is 4.57 Å². The number of hydrazine groups is 1. The second kappa shape index (κ2) is 7.64. The van der Waals surface area contributed by atoms with Gasteiger partial charge in [-0.15, -0.1) is 0 Å². The molecular weight excluding hydrogens is 466 g/mol. The lowest BCUT2D eigenvalue weighted by molar-refractivity contribution is -0.0402. The van der Waals surface area contributed by atoms with E-state index in [-0.39, 0.29) is 59.2 Å². The van der Waals surface area contributed by atoms with Crippen LogP contribution in [0.25, 0.3) is 5.69 Å². The molecule has 4 aromatic rings. The summed E-state index contributed by atoms with van der Waals surface area (Å²) in [6.07, 6.45) is 0.813. The molecule has 8 atom stereocenters. The Morgan fingerprint density at radius 3 is 1.97 bits per heavy atom. The molecule has 1 aromatic heterocycles. The SMILES string of the molecule is O=c1n(-c2ccccc2)c(=O)n2n1C1CC3C4C(C(c5ccccc5)NN([O-])C4c4ccccc4)C1C32. The fraction of sp³-hybridized carbons (Fsp3) is 0.310. The summed E-state index contributed by atoms with van der Waals surface area (Å²) in [4.78, 5) is 27.4. The van der Waals surface area contributed by atoms with Crippen molar-refractivity contribution < 1.29 is 0 Å². The average molecular weight is 493 g/mol. The predicted molar refractivity (Wildman–Crippen MR) is 138 cm³/mol. The van der Waals surface area contributed by atoms with Crippen LogP contribution in [0.5, 0.6) is 0 Å². The van der Waals surface area contributed by atoms with Crippen LogP contribution in [0, 0.1) is 28.9 Å². The number of rotatable bonds is 3. The summed E-state index contributed by atoms with van der Waals surface area (Å²) in [5, 5.41) is 14.7. The molecule has 1 N–H and O–H groups in total. The Morgan fingerprint density at radius 1 is 0.703 bits per heavy atom. The first-order valence-corrected chi connectivity index (χ1v) is 13.0. The van der Waals surface area contributed by atoms with Crippen molar-refractivity contribution >= 4 is 0 Å². The van der Waals surface area contributed by atoms with E-state index in [4.69, 9.17) is 0 Å². The summed E-state index contributed by atoms with van der Waals surface area (Å²) in [7, 11) is 0. The minimum atomic E-state index is -0.352. The maximum absolute atomic E-state index is 13.8. The summed E-state index contributed by atoms with van der Waals surface area (Å²) in [6.45, 7) is 0. The zero-order valence-electron chi connectivity index (χ0n) is 20.0. The number of hydrogen-bond acceptors (Lipinski definition) is 5. The molecule has 3 heterocycles. The van der Waals surface area contributed by atoms with Gasteiger partial charge in [0.05, 0.1) is 17.8 Å². The molecule has 3 fully saturated rings. The maximum Gasteiger partial charge on any atom is 0.352 e. The van der Waals surface area contributed by atoms with Crippen LogP contribution in [-0.2, 0) is 0 Å². The van der Waals surface area contributed by atoms with Crippen LogP contribution in [0.2, 0.25) is 0 Å². The molecule has 8 unspecified atom stereocenters. The number of aromatic nitrogens is 3. The van der Waals surface area contributed by atoms with Crippen LogP contribution >= 0.6 is 0 Å². The van der Waals surface area contributed by atoms with E-state index in [2.05, 4.69) is 17.6 Å². The molecule has 2 aliphatic carbocycles. The fourth-order valence-electron chi connectivity index (χ4n) is 8.26. The van der Waals surface area contributed by atoms with Gasteiger partial charge in [-0.25, -0.2) is 23.5 Å². The number of benzene rings is 3. The molecule has 1 saturated heterocycles. The van der Waals surface area contributed by atoms with Gasteiger partial charge in [0, 0.05) is 18.0 Å². The molecule has 8 nitrogen and oxygen atoms in total. The van der Waals surface area contributed by atoms with E-state index in [1.54, 1.807) is 21.5 Å². The van der Waals surface area contributed by atoms with Crippen molar-refractivity contribution in [3.63, 3.8) is 0 Å². The minimum absolute atomic E-state index is 0.0518. The Labute approximate surface area is 212 Å². The van der Waals surface area contributed by atoms with Gasteiger partial charge < -0.3 is 10.4 Å². The van der Waals surface area contributed by atoms with Crippen molar-refractivity contribution in [2.45, 2.75) is 30.6 Å². The largest absolute Gasteiger partial charge is 0.771 e. The molecular formula is C29H26N5O3-. The first kappa shape index (κ1) is 21.4. The number of nitrogens with zero attached hydrogens (tertiary/aromatic N) is 4. The van der Waals surface area contributed by atoms with Crippen LogP contribution in [0.4, 0.5) is 0 Å². The molecule has 3 aromatic carbocycles. The van der Waals surface area contributed by atoms with Gasteiger partial charge in [-0.3, -0.25) is 5.43 Å². The summed E-state index contributed by atoms with van der Waals surface area (Å²) in [6, 6.07) is 28.5. The Morgan fingerprint density at radius 2 is 1.30 bits per heavy atom. The molecule has 2 aliphatic heterocycles. The van der Waals surface area contributed by atoms with Crippen molar-refractivity contribution in [3.05, 3.63) is 128 Å². The molecule has 37 heavy (non-hydrogen) atoms. The second-order valence-corrected chi connectivity index (χ2v) is 10.8. The van der Waals surface area contributed by atoms with Gasteiger partial charge in [-0.05, 0) is 47.4 Å². The number of fused-ring (bicyclic) bond motifs is 4. The lowest BCUT2D eigenvalue weighted by Gasteiger charge is -2.55. The average Bonchev–Trinajstić information content (AvgIpc) is 3.64. The highest BCUT2D eigenvalue weighted by Gasteiger charge is 2.69. The van der Waals surface area contributed by atoms with E-state index in [0.717, 1.165) is 22.7 Å². The van der Waals surface area contributed by atoms with Crippen molar-refractivity contribution in [3.8, 4) is 5.69 Å². The molecule has 0 spiro atoms. The van der Waals surface area contributed by atoms with Crippen LogP contribution in [0.1, 0.15) is 41.7 Å². The number of hydrogen-bond donors (Lipinski definition) is 1. The van der Waals surface area contributed by atoms with Gasteiger partial charge in [0.1, 0.15) is 0 Å². The number of para-hydroxylation sites is 1. The smallest absolute Gasteiger partial charge is 0.352 e. The zero-order valence-corrected chi connectivity index (χ0v) is 20.0. The predicted octanol–water partition coefficient (Wildman–Crippen LogP) is 3.58. The Balaban J connectivity index is 1.30. The van der Waals surface area contributed by atoms with Gasteiger partial charge in [-0.1, -0.05) is 78.9 Å². The lowest BCUT2D eigenvalue weighted by Crippen LogP contribution is -2.55. The van der Waals surface area contributed by atoms with Crippen LogP contribution < -0.4 is 16.8 Å². The van der Waals surface area contributed by atoms with Gasteiger partial charge in [-0.2, -0.15) is 0 Å². The van der Waals surface area contributed by atoms with Crippen LogP contribution in [-0.4, -0.2) is 19.1 Å². The highest BCUT2D eigenvalue weighted by atomic mass is 16.5. The van der Waals surface area contributed by atoms with Gasteiger partial charge in [0.2, 0.25) is 0 Å².